The van der Waals surface area contributed by atoms with Gasteiger partial charge in [0.25, 0.3) is 5.91 Å². The molecule has 2 heterocycles. The minimum Gasteiger partial charge on any atom is -0.368 e. The van der Waals surface area contributed by atoms with Crippen LogP contribution >= 0.6 is 0 Å². The van der Waals surface area contributed by atoms with E-state index in [2.05, 4.69) is 36.1 Å². The van der Waals surface area contributed by atoms with Crippen LogP contribution in [0.1, 0.15) is 15.9 Å². The maximum absolute atomic E-state index is 12.6. The van der Waals surface area contributed by atoms with E-state index in [-0.39, 0.29) is 11.5 Å². The molecule has 0 radical (unpaired) electrons. The van der Waals surface area contributed by atoms with Crippen LogP contribution in [0.2, 0.25) is 0 Å². The van der Waals surface area contributed by atoms with Crippen LogP contribution in [0.4, 0.5) is 5.69 Å². The van der Waals surface area contributed by atoms with Crippen LogP contribution in [-0.4, -0.2) is 41.6 Å². The molecule has 0 N–H and O–H groups in total. The van der Waals surface area contributed by atoms with Gasteiger partial charge in [-0.15, -0.1) is 0 Å². The van der Waals surface area contributed by atoms with E-state index in [9.17, 15) is 9.59 Å². The number of hydrogen-bond donors (Lipinski definition) is 0. The number of nitrogens with zero attached hydrogens (tertiary/aromatic N) is 3. The van der Waals surface area contributed by atoms with Gasteiger partial charge < -0.3 is 14.4 Å². The Morgan fingerprint density at radius 2 is 1.78 bits per heavy atom. The van der Waals surface area contributed by atoms with E-state index >= 15 is 0 Å². The highest BCUT2D eigenvalue weighted by Crippen LogP contribution is 2.18. The van der Waals surface area contributed by atoms with E-state index in [1.807, 2.05) is 4.90 Å². The average molecular weight is 311 g/mol. The van der Waals surface area contributed by atoms with Crippen molar-refractivity contribution in [1.82, 2.24) is 9.47 Å². The molecule has 0 bridgehead atoms. The van der Waals surface area contributed by atoms with Gasteiger partial charge in [0.15, 0.2) is 0 Å². The SMILES string of the molecule is Cc1cccc(N2CCN(C(=O)c3ccc(=O)n(C)c3)CC2)c1. The summed E-state index contributed by atoms with van der Waals surface area (Å²) >= 11 is 0. The average Bonchev–Trinajstić information content (AvgIpc) is 2.57. The van der Waals surface area contributed by atoms with Crippen molar-refractivity contribution in [3.63, 3.8) is 0 Å². The first-order valence-corrected chi connectivity index (χ1v) is 7.82. The van der Waals surface area contributed by atoms with Crippen molar-refractivity contribution in [3.05, 3.63) is 64.1 Å². The minimum atomic E-state index is -0.106. The van der Waals surface area contributed by atoms with Crippen LogP contribution < -0.4 is 10.5 Å². The highest BCUT2D eigenvalue weighted by molar-refractivity contribution is 5.94. The Labute approximate surface area is 135 Å². The van der Waals surface area contributed by atoms with E-state index in [1.165, 1.54) is 21.9 Å². The van der Waals surface area contributed by atoms with Gasteiger partial charge >= 0.3 is 0 Å². The van der Waals surface area contributed by atoms with E-state index in [0.717, 1.165) is 13.1 Å². The van der Waals surface area contributed by atoms with Gasteiger partial charge in [-0.25, -0.2) is 0 Å². The van der Waals surface area contributed by atoms with Crippen LogP contribution in [0.3, 0.4) is 0 Å². The van der Waals surface area contributed by atoms with Crippen molar-refractivity contribution in [2.75, 3.05) is 31.1 Å². The third-order valence-corrected chi connectivity index (χ3v) is 4.27. The molecule has 1 amide bonds. The van der Waals surface area contributed by atoms with E-state index in [0.29, 0.717) is 18.7 Å². The molecule has 0 spiro atoms. The lowest BCUT2D eigenvalue weighted by molar-refractivity contribution is 0.0746. The topological polar surface area (TPSA) is 45.6 Å². The Balaban J connectivity index is 1.67. The molecule has 120 valence electrons. The third kappa shape index (κ3) is 3.28. The first-order chi connectivity index (χ1) is 11.0. The van der Waals surface area contributed by atoms with Crippen molar-refractivity contribution < 1.29 is 4.79 Å². The zero-order chi connectivity index (χ0) is 16.4. The number of carbonyl (C=O) groups is 1. The molecule has 1 aromatic heterocycles. The van der Waals surface area contributed by atoms with Crippen molar-refractivity contribution in [1.29, 1.82) is 0 Å². The van der Waals surface area contributed by atoms with Crippen molar-refractivity contribution >= 4 is 11.6 Å². The van der Waals surface area contributed by atoms with Crippen molar-refractivity contribution in [3.8, 4) is 0 Å². The lowest BCUT2D eigenvalue weighted by Gasteiger charge is -2.36. The summed E-state index contributed by atoms with van der Waals surface area (Å²) in [7, 11) is 1.66. The molecular formula is C18H21N3O2. The Hall–Kier alpha value is -2.56. The smallest absolute Gasteiger partial charge is 0.255 e. The summed E-state index contributed by atoms with van der Waals surface area (Å²) in [5, 5.41) is 0. The molecule has 23 heavy (non-hydrogen) atoms. The zero-order valence-corrected chi connectivity index (χ0v) is 13.5. The molecule has 2 aromatic rings. The predicted octanol–water partition coefficient (Wildman–Crippen LogP) is 1.66. The fourth-order valence-electron chi connectivity index (χ4n) is 2.90. The molecule has 0 atom stereocenters. The standard InChI is InChI=1S/C18H21N3O2/c1-14-4-3-5-16(12-14)20-8-10-21(11-9-20)18(23)15-6-7-17(22)19(2)13-15/h3-7,12-13H,8-11H2,1-2H3. The number of carbonyl (C=O) groups excluding carboxylic acids is 1. The maximum atomic E-state index is 12.6. The number of benzene rings is 1. The molecule has 0 aliphatic carbocycles. The second-order valence-electron chi connectivity index (χ2n) is 5.99. The second-order valence-corrected chi connectivity index (χ2v) is 5.99. The van der Waals surface area contributed by atoms with Gasteiger partial charge in [-0.2, -0.15) is 0 Å². The Morgan fingerprint density at radius 3 is 2.43 bits per heavy atom. The number of pyridine rings is 1. The molecule has 1 aliphatic rings. The van der Waals surface area contributed by atoms with Gasteiger partial charge in [-0.1, -0.05) is 12.1 Å². The molecular weight excluding hydrogens is 290 g/mol. The van der Waals surface area contributed by atoms with Gasteiger partial charge in [0.2, 0.25) is 5.56 Å². The monoisotopic (exact) mass is 311 g/mol. The zero-order valence-electron chi connectivity index (χ0n) is 13.5. The number of piperazine rings is 1. The number of aryl methyl sites for hydroxylation is 2. The molecule has 3 rings (SSSR count). The first-order valence-electron chi connectivity index (χ1n) is 7.82. The fourth-order valence-corrected chi connectivity index (χ4v) is 2.90. The van der Waals surface area contributed by atoms with Gasteiger partial charge in [-0.05, 0) is 30.7 Å². The Bertz CT molecular complexity index is 774. The normalized spacial score (nSPS) is 14.9. The van der Waals surface area contributed by atoms with Crippen LogP contribution in [0.15, 0.2) is 47.4 Å². The second kappa shape index (κ2) is 6.28. The van der Waals surface area contributed by atoms with Crippen LogP contribution in [0, 0.1) is 6.92 Å². The molecule has 0 saturated carbocycles. The van der Waals surface area contributed by atoms with Crippen LogP contribution in [0.25, 0.3) is 0 Å². The summed E-state index contributed by atoms with van der Waals surface area (Å²) < 4.78 is 1.44. The van der Waals surface area contributed by atoms with Crippen LogP contribution in [-0.2, 0) is 7.05 Å². The molecule has 1 fully saturated rings. The fraction of sp³-hybridized carbons (Fsp3) is 0.333. The highest BCUT2D eigenvalue weighted by Gasteiger charge is 2.22. The molecule has 5 nitrogen and oxygen atoms in total. The largest absolute Gasteiger partial charge is 0.368 e. The summed E-state index contributed by atoms with van der Waals surface area (Å²) in [6, 6.07) is 11.5. The summed E-state index contributed by atoms with van der Waals surface area (Å²) in [5.41, 5.74) is 2.91. The Morgan fingerprint density at radius 1 is 1.04 bits per heavy atom. The highest BCUT2D eigenvalue weighted by atomic mass is 16.2. The van der Waals surface area contributed by atoms with Crippen molar-refractivity contribution in [2.24, 2.45) is 7.05 Å². The minimum absolute atomic E-state index is 0.00973. The first kappa shape index (κ1) is 15.3. The lowest BCUT2D eigenvalue weighted by Crippen LogP contribution is -2.49. The van der Waals surface area contributed by atoms with E-state index in [4.69, 9.17) is 0 Å². The molecule has 5 heteroatoms. The molecule has 0 unspecified atom stereocenters. The number of amides is 1. The number of anilines is 1. The molecule has 1 saturated heterocycles. The number of hydrogen-bond acceptors (Lipinski definition) is 3. The summed E-state index contributed by atoms with van der Waals surface area (Å²) in [5.74, 6) is -0.00973. The summed E-state index contributed by atoms with van der Waals surface area (Å²) in [6.45, 7) is 5.11. The summed E-state index contributed by atoms with van der Waals surface area (Å²) in [4.78, 5) is 28.1. The van der Waals surface area contributed by atoms with Gasteiger partial charge in [0.1, 0.15) is 0 Å². The number of rotatable bonds is 2. The van der Waals surface area contributed by atoms with Gasteiger partial charge in [0, 0.05) is 51.2 Å². The van der Waals surface area contributed by atoms with Gasteiger partial charge in [-0.3, -0.25) is 9.59 Å². The van der Waals surface area contributed by atoms with E-state index < -0.39 is 0 Å². The third-order valence-electron chi connectivity index (χ3n) is 4.27. The van der Waals surface area contributed by atoms with E-state index in [1.54, 1.807) is 19.3 Å². The van der Waals surface area contributed by atoms with Crippen molar-refractivity contribution in [2.45, 2.75) is 6.92 Å². The quantitative estimate of drug-likeness (QED) is 0.847. The maximum Gasteiger partial charge on any atom is 0.255 e. The van der Waals surface area contributed by atoms with Gasteiger partial charge in [0.05, 0.1) is 5.56 Å². The Kier molecular flexibility index (Phi) is 4.19. The molecule has 1 aromatic carbocycles. The predicted molar refractivity (Wildman–Crippen MR) is 91.0 cm³/mol. The van der Waals surface area contributed by atoms with Crippen LogP contribution in [0.5, 0.6) is 0 Å². The number of aromatic nitrogens is 1. The summed E-state index contributed by atoms with van der Waals surface area (Å²) in [6.07, 6.45) is 1.61. The molecule has 1 aliphatic heterocycles. The lowest BCUT2D eigenvalue weighted by atomic mass is 10.1.